The van der Waals surface area contributed by atoms with E-state index in [2.05, 4.69) is 5.28 Å². The lowest BCUT2D eigenvalue weighted by atomic mass is 10.4. The van der Waals surface area contributed by atoms with Crippen LogP contribution in [0.25, 0.3) is 0 Å². The third kappa shape index (κ3) is 3.38. The first-order chi connectivity index (χ1) is 5.63. The van der Waals surface area contributed by atoms with Gasteiger partial charge < -0.3 is 15.2 Å². The van der Waals surface area contributed by atoms with Crippen molar-refractivity contribution >= 4 is 0 Å². The summed E-state index contributed by atoms with van der Waals surface area (Å²) in [7, 11) is 1.53. The zero-order chi connectivity index (χ0) is 9.56. The van der Waals surface area contributed by atoms with Crippen LogP contribution in [-0.4, -0.2) is 36.3 Å². The number of hydrogen-bond acceptors (Lipinski definition) is 4. The van der Waals surface area contributed by atoms with Gasteiger partial charge in [0.25, 0.3) is 0 Å². The zero-order valence-corrected chi connectivity index (χ0v) is 7.56. The Bertz CT molecular complexity index is 149. The molecule has 6 nitrogen and oxygen atoms in total. The second-order valence-corrected chi connectivity index (χ2v) is 2.58. The quantitative estimate of drug-likeness (QED) is 0.351. The van der Waals surface area contributed by atoms with Crippen molar-refractivity contribution in [2.75, 3.05) is 20.3 Å². The molecule has 0 saturated heterocycles. The average Bonchev–Trinajstić information content (AvgIpc) is 2.04. The van der Waals surface area contributed by atoms with Crippen molar-refractivity contribution in [3.63, 3.8) is 0 Å². The molecular weight excluding hydrogens is 162 g/mol. The van der Waals surface area contributed by atoms with E-state index < -0.39 is 0 Å². The Morgan fingerprint density at radius 3 is 2.50 bits per heavy atom. The fourth-order valence-corrected chi connectivity index (χ4v) is 0.773. The summed E-state index contributed by atoms with van der Waals surface area (Å²) >= 11 is 0. The van der Waals surface area contributed by atoms with Crippen LogP contribution in [0.2, 0.25) is 0 Å². The molecule has 0 atom stereocenters. The van der Waals surface area contributed by atoms with Crippen molar-refractivity contribution in [1.29, 1.82) is 0 Å². The van der Waals surface area contributed by atoms with Gasteiger partial charge >= 0.3 is 0 Å². The first-order valence-electron chi connectivity index (χ1n) is 3.69. The predicted octanol–water partition coefficient (Wildman–Crippen LogP) is 0.719. The molecule has 0 fully saturated rings. The zero-order valence-electron chi connectivity index (χ0n) is 7.56. The third-order valence-electron chi connectivity index (χ3n) is 1.41. The van der Waals surface area contributed by atoms with Gasteiger partial charge in [0.2, 0.25) is 0 Å². The van der Waals surface area contributed by atoms with Crippen molar-refractivity contribution in [2.45, 2.75) is 19.9 Å². The number of hydrazine groups is 1. The molecule has 0 saturated carbocycles. The van der Waals surface area contributed by atoms with Crippen molar-refractivity contribution in [3.05, 3.63) is 10.4 Å². The molecular formula is C6H14N3O3-. The molecule has 0 aliphatic rings. The van der Waals surface area contributed by atoms with Crippen LogP contribution in [0, 0.1) is 10.4 Å². The molecule has 0 aliphatic carbocycles. The molecule has 0 amide bonds. The summed E-state index contributed by atoms with van der Waals surface area (Å²) in [6.45, 7) is 4.35. The largest absolute Gasteiger partial charge is 0.737 e. The topological polar surface area (TPSA) is 74.0 Å². The van der Waals surface area contributed by atoms with Crippen LogP contribution in [0.1, 0.15) is 13.8 Å². The Morgan fingerprint density at radius 2 is 2.17 bits per heavy atom. The first kappa shape index (κ1) is 11.0. The molecule has 0 aliphatic heterocycles. The summed E-state index contributed by atoms with van der Waals surface area (Å²) in [5, 5.41) is 24.2. The van der Waals surface area contributed by atoms with E-state index in [1.165, 1.54) is 12.1 Å². The number of ether oxygens (including phenoxy) is 1. The molecule has 0 aromatic rings. The van der Waals surface area contributed by atoms with Gasteiger partial charge in [-0.15, -0.1) is 5.01 Å². The van der Waals surface area contributed by atoms with Crippen molar-refractivity contribution in [2.24, 2.45) is 5.28 Å². The van der Waals surface area contributed by atoms with Gasteiger partial charge in [0, 0.05) is 12.1 Å². The highest BCUT2D eigenvalue weighted by atomic mass is 16.6. The van der Waals surface area contributed by atoms with E-state index in [9.17, 15) is 10.4 Å². The number of methoxy groups -OCH3 is 1. The molecule has 0 aromatic heterocycles. The Hall–Kier alpha value is -1.04. The fraction of sp³-hybridized carbons (Fsp3) is 1.00. The van der Waals surface area contributed by atoms with E-state index in [-0.39, 0.29) is 11.0 Å². The molecule has 72 valence electrons. The van der Waals surface area contributed by atoms with Gasteiger partial charge in [-0.3, -0.25) is 0 Å². The Kier molecular flexibility index (Phi) is 5.11. The molecule has 0 spiro atoms. The Labute approximate surface area is 71.6 Å². The van der Waals surface area contributed by atoms with Gasteiger partial charge in [0.05, 0.1) is 12.6 Å². The highest BCUT2D eigenvalue weighted by molar-refractivity contribution is 4.50. The van der Waals surface area contributed by atoms with Gasteiger partial charge in [0.15, 0.2) is 0 Å². The first-order valence-corrected chi connectivity index (χ1v) is 3.69. The van der Waals surface area contributed by atoms with Gasteiger partial charge in [-0.1, -0.05) is 0 Å². The van der Waals surface area contributed by atoms with Crippen LogP contribution in [0.5, 0.6) is 0 Å². The number of rotatable bonds is 5. The lowest BCUT2D eigenvalue weighted by Gasteiger charge is -2.22. The fourth-order valence-electron chi connectivity index (χ4n) is 0.773. The van der Waals surface area contributed by atoms with E-state index in [0.717, 1.165) is 0 Å². The highest BCUT2D eigenvalue weighted by Gasteiger charge is 2.14. The van der Waals surface area contributed by atoms with Crippen LogP contribution in [0.4, 0.5) is 0 Å². The maximum Gasteiger partial charge on any atom is 0.100 e. The monoisotopic (exact) mass is 176 g/mol. The second-order valence-electron chi connectivity index (χ2n) is 2.58. The van der Waals surface area contributed by atoms with E-state index in [1.54, 1.807) is 13.8 Å². The highest BCUT2D eigenvalue weighted by Crippen LogP contribution is 1.98. The molecule has 0 unspecified atom stereocenters. The maximum absolute atomic E-state index is 10.8. The normalized spacial score (nSPS) is 12.2. The van der Waals surface area contributed by atoms with E-state index >= 15 is 0 Å². The van der Waals surface area contributed by atoms with E-state index in [1.807, 2.05) is 0 Å². The molecule has 0 rings (SSSR count). The number of hydrogen-bond donors (Lipinski definition) is 0. The van der Waals surface area contributed by atoms with E-state index in [4.69, 9.17) is 4.74 Å². The predicted molar refractivity (Wildman–Crippen MR) is 43.1 cm³/mol. The molecule has 0 radical (unpaired) electrons. The van der Waals surface area contributed by atoms with Gasteiger partial charge in [-0.05, 0) is 19.1 Å². The molecule has 0 bridgehead atoms. The van der Waals surface area contributed by atoms with Crippen LogP contribution in [0.3, 0.4) is 0 Å². The van der Waals surface area contributed by atoms with Crippen LogP contribution < -0.4 is 0 Å². The minimum absolute atomic E-state index is 0.0453. The van der Waals surface area contributed by atoms with Crippen LogP contribution in [-0.2, 0) is 4.74 Å². The Balaban J connectivity index is 4.04. The maximum atomic E-state index is 10.8. The van der Waals surface area contributed by atoms with Crippen LogP contribution in [0.15, 0.2) is 5.28 Å². The smallest absolute Gasteiger partial charge is 0.100 e. The lowest BCUT2D eigenvalue weighted by Crippen LogP contribution is -2.39. The van der Waals surface area contributed by atoms with Crippen molar-refractivity contribution in [3.8, 4) is 0 Å². The number of nitrogens with zero attached hydrogens (tertiary/aromatic N) is 3. The molecule has 6 heteroatoms. The summed E-state index contributed by atoms with van der Waals surface area (Å²) in [6.07, 6.45) is 0. The van der Waals surface area contributed by atoms with Gasteiger partial charge in [0.1, 0.15) is 6.54 Å². The molecule has 0 N–H and O–H groups in total. The van der Waals surface area contributed by atoms with Crippen LogP contribution >= 0.6 is 0 Å². The molecule has 0 aromatic carbocycles. The van der Waals surface area contributed by atoms with Gasteiger partial charge in [-0.25, -0.2) is 0 Å². The van der Waals surface area contributed by atoms with Gasteiger partial charge in [-0.2, -0.15) is 0 Å². The molecule has 0 heterocycles. The van der Waals surface area contributed by atoms with Crippen molar-refractivity contribution in [1.82, 2.24) is 5.01 Å². The summed E-state index contributed by atoms with van der Waals surface area (Å²) in [6, 6.07) is -0.0599. The summed E-state index contributed by atoms with van der Waals surface area (Å²) in [5.74, 6) is 0. The molecule has 12 heavy (non-hydrogen) atoms. The lowest BCUT2D eigenvalue weighted by molar-refractivity contribution is -0.697. The third-order valence-corrected chi connectivity index (χ3v) is 1.41. The summed E-state index contributed by atoms with van der Waals surface area (Å²) in [4.78, 5) is 0.0453. The minimum atomic E-state index is -0.0599. The van der Waals surface area contributed by atoms with E-state index in [0.29, 0.717) is 13.2 Å². The standard InChI is InChI=1S/C6H15N3O3/c1-6(2)8(4-5-12-3)9(11)7-10/h6,10H,4-5H2,1-3H3/p-1/b9-7-. The summed E-state index contributed by atoms with van der Waals surface area (Å²) in [5.41, 5.74) is 0. The minimum Gasteiger partial charge on any atom is -0.737 e. The summed E-state index contributed by atoms with van der Waals surface area (Å²) < 4.78 is 4.77. The second kappa shape index (κ2) is 5.59. The SMILES string of the molecule is COCCN(C(C)C)/[N+]([O-])=N/[O-]. The van der Waals surface area contributed by atoms with Crippen molar-refractivity contribution < 1.29 is 9.71 Å². The average molecular weight is 176 g/mol. The Morgan fingerprint density at radius 1 is 1.58 bits per heavy atom.